The molecule has 1 N–H and O–H groups in total. The van der Waals surface area contributed by atoms with Crippen molar-refractivity contribution in [2.24, 2.45) is 0 Å². The van der Waals surface area contributed by atoms with E-state index in [-0.39, 0.29) is 0 Å². The summed E-state index contributed by atoms with van der Waals surface area (Å²) in [6.07, 6.45) is 8.77. The van der Waals surface area contributed by atoms with Crippen LogP contribution in [-0.2, 0) is 4.79 Å². The molecule has 0 radical (unpaired) electrons. The fourth-order valence-corrected chi connectivity index (χ4v) is 2.52. The Labute approximate surface area is 146 Å². The van der Waals surface area contributed by atoms with Gasteiger partial charge in [-0.3, -0.25) is 15.0 Å². The highest BCUT2D eigenvalue weighted by molar-refractivity contribution is 7.99. The molecular weight excluding hydrogens is 324 g/mol. The summed E-state index contributed by atoms with van der Waals surface area (Å²) in [4.78, 5) is 16.7. The van der Waals surface area contributed by atoms with Crippen LogP contribution in [0.2, 0.25) is 0 Å². The van der Waals surface area contributed by atoms with Gasteiger partial charge in [-0.15, -0.1) is 18.2 Å². The van der Waals surface area contributed by atoms with Crippen molar-refractivity contribution in [2.75, 3.05) is 6.26 Å². The minimum atomic E-state index is -0.851. The molecule has 1 heterocycles. The lowest BCUT2D eigenvalue weighted by Crippen LogP contribution is -2.48. The van der Waals surface area contributed by atoms with Crippen LogP contribution in [0.25, 0.3) is 10.9 Å². The highest BCUT2D eigenvalue weighted by Crippen LogP contribution is 2.25. The average molecular weight is 344 g/mol. The lowest BCUT2D eigenvalue weighted by molar-refractivity contribution is -0.190. The van der Waals surface area contributed by atoms with Gasteiger partial charge in [0, 0.05) is 17.1 Å². The van der Waals surface area contributed by atoms with Gasteiger partial charge in [-0.2, -0.15) is 0 Å². The van der Waals surface area contributed by atoms with Gasteiger partial charge in [0.05, 0.1) is 11.1 Å². The number of hydrogen-bond donors (Lipinski definition) is 1. The monoisotopic (exact) mass is 344 g/mol. The number of terminal acetylenes is 1. The predicted molar refractivity (Wildman–Crippen MR) is 96.0 cm³/mol. The number of thioether (sulfide) groups is 1. The number of carbonyl (C=O) groups excluding carboxylic acids is 1. The van der Waals surface area contributed by atoms with Crippen LogP contribution in [0.15, 0.2) is 30.5 Å². The van der Waals surface area contributed by atoms with E-state index in [4.69, 9.17) is 11.2 Å². The first-order valence-electron chi connectivity index (χ1n) is 7.35. The fraction of sp³-hybridized carbons (Fsp3) is 0.333. The van der Waals surface area contributed by atoms with E-state index in [9.17, 15) is 10.0 Å². The molecule has 6 heteroatoms. The second-order valence-electron chi connectivity index (χ2n) is 6.23. The van der Waals surface area contributed by atoms with Crippen molar-refractivity contribution < 1.29 is 14.7 Å². The predicted octanol–water partition coefficient (Wildman–Crippen LogP) is 3.30. The van der Waals surface area contributed by atoms with E-state index in [0.29, 0.717) is 16.4 Å². The summed E-state index contributed by atoms with van der Waals surface area (Å²) in [6, 6.07) is 7.14. The molecule has 0 aliphatic heterocycles. The molecule has 24 heavy (non-hydrogen) atoms. The second kappa shape index (κ2) is 7.12. The molecule has 1 amide bonds. The molecule has 2 aromatic rings. The van der Waals surface area contributed by atoms with Crippen LogP contribution >= 0.6 is 11.8 Å². The molecule has 1 atom stereocenters. The number of benzene rings is 1. The fourth-order valence-electron chi connectivity index (χ4n) is 2.02. The van der Waals surface area contributed by atoms with Gasteiger partial charge in [0.2, 0.25) is 5.44 Å². The first kappa shape index (κ1) is 18.1. The van der Waals surface area contributed by atoms with E-state index in [1.165, 1.54) is 11.8 Å². The molecule has 1 unspecified atom stereocenters. The molecule has 0 aliphatic carbocycles. The Morgan fingerprint density at radius 1 is 1.42 bits per heavy atom. The van der Waals surface area contributed by atoms with Gasteiger partial charge < -0.3 is 4.74 Å². The van der Waals surface area contributed by atoms with Crippen LogP contribution in [0.5, 0.6) is 5.75 Å². The van der Waals surface area contributed by atoms with Gasteiger partial charge in [0.25, 0.3) is 5.91 Å². The molecule has 0 saturated carbocycles. The van der Waals surface area contributed by atoms with Crippen molar-refractivity contribution in [2.45, 2.75) is 31.7 Å². The summed E-state index contributed by atoms with van der Waals surface area (Å²) >= 11 is 1.21. The van der Waals surface area contributed by atoms with Crippen LogP contribution in [0, 0.1) is 12.3 Å². The topological polar surface area (TPSA) is 62.7 Å². The minimum Gasteiger partial charge on any atom is -0.470 e. The number of ether oxygens (including phenoxy) is 1. The van der Waals surface area contributed by atoms with E-state index in [1.54, 1.807) is 51.4 Å². The zero-order valence-corrected chi connectivity index (χ0v) is 14.9. The number of aromatic nitrogens is 1. The smallest absolute Gasteiger partial charge is 0.298 e. The third-order valence-electron chi connectivity index (χ3n) is 3.32. The SMILES string of the molecule is C#Cc1cnc2ccc(OC(SC)C(=O)N(O)C(C)(C)C)cc2c1. The summed E-state index contributed by atoms with van der Waals surface area (Å²) in [7, 11) is 0. The van der Waals surface area contributed by atoms with Crippen molar-refractivity contribution in [3.8, 4) is 18.1 Å². The van der Waals surface area contributed by atoms with Crippen molar-refractivity contribution in [3.05, 3.63) is 36.0 Å². The van der Waals surface area contributed by atoms with Crippen molar-refractivity contribution in [1.29, 1.82) is 0 Å². The quantitative estimate of drug-likeness (QED) is 0.399. The standard InChI is InChI=1S/C18H20N2O3S/c1-6-12-9-13-10-14(7-8-15(13)19-11-12)23-17(24-5)16(21)20(22)18(2,3)4/h1,7-11,17,22H,2-5H3. The summed E-state index contributed by atoms with van der Waals surface area (Å²) < 4.78 is 5.76. The molecule has 2 rings (SSSR count). The molecule has 1 aromatic carbocycles. The Hall–Kier alpha value is -2.23. The maximum atomic E-state index is 12.4. The largest absolute Gasteiger partial charge is 0.470 e. The molecule has 0 spiro atoms. The van der Waals surface area contributed by atoms with E-state index in [2.05, 4.69) is 10.9 Å². The Kier molecular flexibility index (Phi) is 5.37. The van der Waals surface area contributed by atoms with Crippen LogP contribution in [-0.4, -0.2) is 38.4 Å². The number of nitrogens with zero attached hydrogens (tertiary/aromatic N) is 2. The third-order valence-corrected chi connectivity index (χ3v) is 4.05. The molecular formula is C18H20N2O3S. The number of hydrogen-bond acceptors (Lipinski definition) is 5. The number of hydroxylamine groups is 2. The summed E-state index contributed by atoms with van der Waals surface area (Å²) in [6.45, 7) is 5.22. The van der Waals surface area contributed by atoms with Crippen LogP contribution in [0.3, 0.4) is 0 Å². The molecule has 0 saturated heterocycles. The first-order valence-corrected chi connectivity index (χ1v) is 8.64. The van der Waals surface area contributed by atoms with Crippen molar-refractivity contribution in [3.63, 3.8) is 0 Å². The number of carbonyl (C=O) groups is 1. The highest BCUT2D eigenvalue weighted by Gasteiger charge is 2.32. The van der Waals surface area contributed by atoms with Crippen LogP contribution in [0.4, 0.5) is 0 Å². The van der Waals surface area contributed by atoms with Gasteiger partial charge in [-0.25, -0.2) is 5.06 Å². The van der Waals surface area contributed by atoms with Gasteiger partial charge in [-0.1, -0.05) is 5.92 Å². The zero-order chi connectivity index (χ0) is 17.9. The maximum Gasteiger partial charge on any atom is 0.298 e. The molecule has 126 valence electrons. The molecule has 0 bridgehead atoms. The maximum absolute atomic E-state index is 12.4. The second-order valence-corrected chi connectivity index (χ2v) is 7.13. The van der Waals surface area contributed by atoms with Crippen LogP contribution in [0.1, 0.15) is 26.3 Å². The van der Waals surface area contributed by atoms with Gasteiger partial charge in [0.1, 0.15) is 5.75 Å². The van der Waals surface area contributed by atoms with Crippen molar-refractivity contribution >= 4 is 28.6 Å². The average Bonchev–Trinajstić information content (AvgIpc) is 2.56. The summed E-state index contributed by atoms with van der Waals surface area (Å²) in [5, 5.41) is 11.6. The number of pyridine rings is 1. The number of rotatable bonds is 4. The lowest BCUT2D eigenvalue weighted by Gasteiger charge is -2.31. The molecule has 0 aliphatic rings. The number of amides is 1. The van der Waals surface area contributed by atoms with Crippen molar-refractivity contribution in [1.82, 2.24) is 10.0 Å². The van der Waals surface area contributed by atoms with Gasteiger partial charge in [-0.05, 0) is 51.3 Å². The minimum absolute atomic E-state index is 0.508. The normalized spacial score (nSPS) is 12.5. The summed E-state index contributed by atoms with van der Waals surface area (Å²) in [5.41, 5.74) is -0.0996. The lowest BCUT2D eigenvalue weighted by atomic mass is 10.1. The van der Waals surface area contributed by atoms with E-state index < -0.39 is 16.9 Å². The van der Waals surface area contributed by atoms with E-state index in [1.807, 2.05) is 6.07 Å². The van der Waals surface area contributed by atoms with E-state index >= 15 is 0 Å². The Morgan fingerprint density at radius 3 is 2.71 bits per heavy atom. The number of fused-ring (bicyclic) bond motifs is 1. The van der Waals surface area contributed by atoms with E-state index in [0.717, 1.165) is 10.9 Å². The summed E-state index contributed by atoms with van der Waals surface area (Å²) in [5.74, 6) is 2.54. The van der Waals surface area contributed by atoms with Gasteiger partial charge in [0.15, 0.2) is 0 Å². The Morgan fingerprint density at radius 2 is 2.12 bits per heavy atom. The first-order chi connectivity index (χ1) is 11.3. The molecule has 5 nitrogen and oxygen atoms in total. The zero-order valence-electron chi connectivity index (χ0n) is 14.1. The Bertz CT molecular complexity index is 793. The Balaban J connectivity index is 2.26. The third kappa shape index (κ3) is 3.99. The molecule has 0 fully saturated rings. The van der Waals surface area contributed by atoms with Crippen LogP contribution < -0.4 is 4.74 Å². The van der Waals surface area contributed by atoms with Gasteiger partial charge >= 0.3 is 0 Å². The highest BCUT2D eigenvalue weighted by atomic mass is 32.2. The molecule has 1 aromatic heterocycles.